The van der Waals surface area contributed by atoms with E-state index in [-0.39, 0.29) is 24.2 Å². The second kappa shape index (κ2) is 10.5. The lowest BCUT2D eigenvalue weighted by atomic mass is 9.82. The lowest BCUT2D eigenvalue weighted by Crippen LogP contribution is -2.62. The third kappa shape index (κ3) is 5.72. The zero-order chi connectivity index (χ0) is 26.2. The van der Waals surface area contributed by atoms with Crippen molar-refractivity contribution in [3.8, 4) is 5.75 Å². The molecule has 0 bridgehead atoms. The molecule has 6 nitrogen and oxygen atoms in total. The topological polar surface area (TPSA) is 45.3 Å². The molecule has 3 aliphatic rings. The Labute approximate surface area is 215 Å². The van der Waals surface area contributed by atoms with Crippen molar-refractivity contribution >= 4 is 11.6 Å². The van der Waals surface area contributed by atoms with Crippen LogP contribution in [0, 0.1) is 5.92 Å². The number of para-hydroxylation sites is 1. The molecule has 1 amide bonds. The van der Waals surface area contributed by atoms with Crippen molar-refractivity contribution in [1.29, 1.82) is 0 Å². The number of carbonyl (C=O) groups excluding carboxylic acids is 1. The van der Waals surface area contributed by atoms with E-state index >= 15 is 0 Å². The van der Waals surface area contributed by atoms with Gasteiger partial charge in [0.25, 0.3) is 0 Å². The predicted molar refractivity (Wildman–Crippen MR) is 135 cm³/mol. The van der Waals surface area contributed by atoms with Gasteiger partial charge in [0.15, 0.2) is 0 Å². The van der Waals surface area contributed by atoms with E-state index in [9.17, 15) is 18.0 Å². The molecule has 2 aromatic carbocycles. The highest BCUT2D eigenvalue weighted by molar-refractivity contribution is 5.82. The Morgan fingerprint density at radius 1 is 1.03 bits per heavy atom. The zero-order valence-corrected chi connectivity index (χ0v) is 21.3. The number of hydrogen-bond donors (Lipinski definition) is 0. The average molecular weight is 518 g/mol. The number of rotatable bonds is 5. The molecule has 2 saturated heterocycles. The third-order valence-corrected chi connectivity index (χ3v) is 7.59. The zero-order valence-electron chi connectivity index (χ0n) is 21.3. The van der Waals surface area contributed by atoms with Crippen LogP contribution in [0.15, 0.2) is 48.5 Å². The molecular weight excluding hydrogens is 483 g/mol. The summed E-state index contributed by atoms with van der Waals surface area (Å²) in [7, 11) is 0. The summed E-state index contributed by atoms with van der Waals surface area (Å²) in [6.45, 7) is 8.18. The number of nitrogens with zero attached hydrogens (tertiary/aromatic N) is 3. The Morgan fingerprint density at radius 2 is 1.76 bits per heavy atom. The Balaban J connectivity index is 1.37. The van der Waals surface area contributed by atoms with Gasteiger partial charge in [0, 0.05) is 45.0 Å². The van der Waals surface area contributed by atoms with Crippen molar-refractivity contribution < 1.29 is 27.4 Å². The molecule has 2 fully saturated rings. The largest absolute Gasteiger partial charge is 0.492 e. The second-order valence-electron chi connectivity index (χ2n) is 10.4. The van der Waals surface area contributed by atoms with Gasteiger partial charge in [0.1, 0.15) is 12.4 Å². The minimum absolute atomic E-state index is 0.00227. The fourth-order valence-corrected chi connectivity index (χ4v) is 5.95. The number of carbonyl (C=O) groups is 1. The highest BCUT2D eigenvalue weighted by Gasteiger charge is 2.44. The molecule has 2 aromatic rings. The number of piperazine rings is 1. The summed E-state index contributed by atoms with van der Waals surface area (Å²) in [6.07, 6.45) is -4.27. The monoisotopic (exact) mass is 517 g/mol. The van der Waals surface area contributed by atoms with Gasteiger partial charge in [-0.25, -0.2) is 0 Å². The van der Waals surface area contributed by atoms with Gasteiger partial charge in [-0.1, -0.05) is 18.2 Å². The van der Waals surface area contributed by atoms with E-state index in [4.69, 9.17) is 9.47 Å². The molecule has 0 unspecified atom stereocenters. The number of amides is 1. The van der Waals surface area contributed by atoms with Gasteiger partial charge >= 0.3 is 6.18 Å². The van der Waals surface area contributed by atoms with Crippen molar-refractivity contribution in [3.05, 3.63) is 59.7 Å². The number of halogens is 3. The number of ether oxygens (including phenoxy) is 2. The first kappa shape index (κ1) is 25.9. The minimum Gasteiger partial charge on any atom is -0.492 e. The molecule has 0 aliphatic carbocycles. The first-order valence-corrected chi connectivity index (χ1v) is 13.0. The molecule has 0 aromatic heterocycles. The standard InChI is InChI=1S/C28H34F3N3O3/c1-19-16-33(17-20(2)37-19)27(35)24-15-21-14-22(28(29,30)31)8-9-25(21)34-11-10-32(18-26(24)34)12-13-36-23-6-4-3-5-7-23/h3-9,14,19-20,24,26H,10-13,15-18H2,1-2H3/t19-,20-,24-,26-/m1/s1. The number of fused-ring (bicyclic) bond motifs is 3. The van der Waals surface area contributed by atoms with E-state index in [2.05, 4.69) is 9.80 Å². The van der Waals surface area contributed by atoms with Crippen molar-refractivity contribution in [2.24, 2.45) is 5.92 Å². The summed E-state index contributed by atoms with van der Waals surface area (Å²) >= 11 is 0. The van der Waals surface area contributed by atoms with Crippen molar-refractivity contribution in [1.82, 2.24) is 9.80 Å². The lowest BCUT2D eigenvalue weighted by molar-refractivity contribution is -0.148. The number of morpholine rings is 1. The van der Waals surface area contributed by atoms with E-state index in [0.29, 0.717) is 51.3 Å². The van der Waals surface area contributed by atoms with Crippen LogP contribution in [0.3, 0.4) is 0 Å². The highest BCUT2D eigenvalue weighted by atomic mass is 19.4. The van der Waals surface area contributed by atoms with Crippen LogP contribution in [0.2, 0.25) is 0 Å². The van der Waals surface area contributed by atoms with E-state index in [1.807, 2.05) is 49.1 Å². The summed E-state index contributed by atoms with van der Waals surface area (Å²) < 4.78 is 52.2. The van der Waals surface area contributed by atoms with E-state index in [1.165, 1.54) is 6.07 Å². The summed E-state index contributed by atoms with van der Waals surface area (Å²) in [6, 6.07) is 13.5. The number of benzene rings is 2. The molecule has 0 N–H and O–H groups in total. The van der Waals surface area contributed by atoms with Crippen molar-refractivity contribution in [2.45, 2.75) is 44.7 Å². The number of alkyl halides is 3. The van der Waals surface area contributed by atoms with Crippen LogP contribution in [-0.2, 0) is 22.1 Å². The van der Waals surface area contributed by atoms with Gasteiger partial charge in [-0.15, -0.1) is 0 Å². The van der Waals surface area contributed by atoms with Gasteiger partial charge < -0.3 is 19.3 Å². The maximum Gasteiger partial charge on any atom is 0.416 e. The van der Waals surface area contributed by atoms with Crippen LogP contribution >= 0.6 is 0 Å². The van der Waals surface area contributed by atoms with Gasteiger partial charge in [0.05, 0.1) is 29.7 Å². The third-order valence-electron chi connectivity index (χ3n) is 7.59. The first-order chi connectivity index (χ1) is 17.7. The van der Waals surface area contributed by atoms with Crippen LogP contribution in [-0.4, -0.2) is 79.8 Å². The van der Waals surface area contributed by atoms with Crippen LogP contribution < -0.4 is 9.64 Å². The Bertz CT molecular complexity index is 1090. The van der Waals surface area contributed by atoms with Gasteiger partial charge in [-0.2, -0.15) is 13.2 Å². The fourth-order valence-electron chi connectivity index (χ4n) is 5.95. The number of anilines is 1. The van der Waals surface area contributed by atoms with E-state index in [0.717, 1.165) is 24.0 Å². The number of hydrogen-bond acceptors (Lipinski definition) is 5. The molecule has 0 spiro atoms. The normalized spacial score (nSPS) is 26.4. The smallest absolute Gasteiger partial charge is 0.416 e. The average Bonchev–Trinajstić information content (AvgIpc) is 2.87. The maximum atomic E-state index is 13.9. The van der Waals surface area contributed by atoms with Crippen molar-refractivity contribution in [3.63, 3.8) is 0 Å². The highest BCUT2D eigenvalue weighted by Crippen LogP contribution is 2.40. The van der Waals surface area contributed by atoms with Gasteiger partial charge in [-0.05, 0) is 56.2 Å². The van der Waals surface area contributed by atoms with E-state index in [1.54, 1.807) is 6.07 Å². The molecular formula is C28H34F3N3O3. The molecule has 0 radical (unpaired) electrons. The second-order valence-corrected chi connectivity index (χ2v) is 10.4. The molecule has 3 aliphatic heterocycles. The lowest BCUT2D eigenvalue weighted by Gasteiger charge is -2.50. The molecule has 5 rings (SSSR count). The van der Waals surface area contributed by atoms with Crippen LogP contribution in [0.25, 0.3) is 0 Å². The van der Waals surface area contributed by atoms with Gasteiger partial charge in [-0.3, -0.25) is 9.69 Å². The Morgan fingerprint density at radius 3 is 2.46 bits per heavy atom. The van der Waals surface area contributed by atoms with Gasteiger partial charge in [0.2, 0.25) is 5.91 Å². The SMILES string of the molecule is C[C@@H]1CN(C(=O)[C@@H]2Cc3cc(C(F)(F)F)ccc3N3CCN(CCOc4ccccc4)C[C@H]23)C[C@@H](C)O1. The molecule has 37 heavy (non-hydrogen) atoms. The molecule has 9 heteroatoms. The minimum atomic E-state index is -4.42. The van der Waals surface area contributed by atoms with Crippen LogP contribution in [0.4, 0.5) is 18.9 Å². The van der Waals surface area contributed by atoms with Crippen LogP contribution in [0.5, 0.6) is 5.75 Å². The molecule has 0 saturated carbocycles. The fraction of sp³-hybridized carbons (Fsp3) is 0.536. The molecule has 4 atom stereocenters. The van der Waals surface area contributed by atoms with Crippen molar-refractivity contribution in [2.75, 3.05) is 50.8 Å². The summed E-state index contributed by atoms with van der Waals surface area (Å²) in [5.41, 5.74) is 0.742. The maximum absolute atomic E-state index is 13.9. The van der Waals surface area contributed by atoms with E-state index < -0.39 is 17.7 Å². The molecule has 200 valence electrons. The first-order valence-electron chi connectivity index (χ1n) is 13.0. The predicted octanol–water partition coefficient (Wildman–Crippen LogP) is 4.08. The summed E-state index contributed by atoms with van der Waals surface area (Å²) in [5.74, 6) is 0.394. The summed E-state index contributed by atoms with van der Waals surface area (Å²) in [5, 5.41) is 0. The Kier molecular flexibility index (Phi) is 7.36. The summed E-state index contributed by atoms with van der Waals surface area (Å²) in [4.78, 5) is 20.2. The quantitative estimate of drug-likeness (QED) is 0.598. The Hall–Kier alpha value is -2.78. The molecule has 3 heterocycles. The van der Waals surface area contributed by atoms with Crippen LogP contribution in [0.1, 0.15) is 25.0 Å².